The van der Waals surface area contributed by atoms with Crippen LogP contribution in [0.25, 0.3) is 0 Å². The molecule has 2 aromatic rings. The van der Waals surface area contributed by atoms with Crippen LogP contribution in [0, 0.1) is 0 Å². The molecule has 0 bridgehead atoms. The van der Waals surface area contributed by atoms with Crippen LogP contribution in [-0.4, -0.2) is 23.8 Å². The van der Waals surface area contributed by atoms with E-state index in [2.05, 4.69) is 21.2 Å². The SMILES string of the molecule is O=C(NC1COc2ccc(O)c(Br)c2C1)OCc1ccccc1. The van der Waals surface area contributed by atoms with E-state index in [0.717, 1.165) is 11.1 Å². The van der Waals surface area contributed by atoms with Gasteiger partial charge in [-0.25, -0.2) is 4.79 Å². The first kappa shape index (κ1) is 15.7. The highest BCUT2D eigenvalue weighted by atomic mass is 79.9. The van der Waals surface area contributed by atoms with Gasteiger partial charge in [0.2, 0.25) is 0 Å². The summed E-state index contributed by atoms with van der Waals surface area (Å²) in [6.45, 7) is 0.589. The monoisotopic (exact) mass is 377 g/mol. The number of alkyl carbamates (subject to hydrolysis) is 1. The van der Waals surface area contributed by atoms with Gasteiger partial charge in [-0.05, 0) is 33.6 Å². The molecule has 0 saturated carbocycles. The third-order valence-corrected chi connectivity index (χ3v) is 4.49. The molecule has 1 unspecified atom stereocenters. The van der Waals surface area contributed by atoms with Gasteiger partial charge in [0.1, 0.15) is 24.7 Å². The highest BCUT2D eigenvalue weighted by Gasteiger charge is 2.25. The minimum Gasteiger partial charge on any atom is -0.507 e. The summed E-state index contributed by atoms with van der Waals surface area (Å²) in [6.07, 6.45) is 0.0762. The van der Waals surface area contributed by atoms with Crippen molar-refractivity contribution in [2.45, 2.75) is 19.1 Å². The fraction of sp³-hybridized carbons (Fsp3) is 0.235. The van der Waals surface area contributed by atoms with Crippen molar-refractivity contribution < 1.29 is 19.4 Å². The van der Waals surface area contributed by atoms with Crippen LogP contribution in [0.4, 0.5) is 4.79 Å². The summed E-state index contributed by atoms with van der Waals surface area (Å²) >= 11 is 3.35. The van der Waals surface area contributed by atoms with Gasteiger partial charge < -0.3 is 19.9 Å². The molecule has 0 saturated heterocycles. The molecule has 120 valence electrons. The molecule has 1 heterocycles. The van der Waals surface area contributed by atoms with Crippen LogP contribution >= 0.6 is 15.9 Å². The number of hydrogen-bond acceptors (Lipinski definition) is 4. The third-order valence-electron chi connectivity index (χ3n) is 3.61. The number of amides is 1. The smallest absolute Gasteiger partial charge is 0.407 e. The lowest BCUT2D eigenvalue weighted by molar-refractivity contribution is 0.128. The van der Waals surface area contributed by atoms with Gasteiger partial charge in [-0.3, -0.25) is 0 Å². The number of benzene rings is 2. The molecule has 1 aliphatic heterocycles. The standard InChI is InChI=1S/C17H16BrNO4/c18-16-13-8-12(10-22-15(13)7-6-14(16)20)19-17(21)23-9-11-4-2-1-3-5-11/h1-7,12,20H,8-10H2,(H,19,21). The highest BCUT2D eigenvalue weighted by Crippen LogP contribution is 2.37. The van der Waals surface area contributed by atoms with Crippen LogP contribution in [-0.2, 0) is 17.8 Å². The first-order chi connectivity index (χ1) is 11.1. The molecule has 0 fully saturated rings. The molecule has 1 aliphatic rings. The number of phenolic OH excluding ortho intramolecular Hbond substituents is 1. The Hall–Kier alpha value is -2.21. The Morgan fingerprint density at radius 2 is 2.09 bits per heavy atom. The van der Waals surface area contributed by atoms with Crippen LogP contribution in [0.3, 0.4) is 0 Å². The zero-order valence-electron chi connectivity index (χ0n) is 12.3. The van der Waals surface area contributed by atoms with Gasteiger partial charge in [-0.1, -0.05) is 30.3 Å². The van der Waals surface area contributed by atoms with E-state index in [1.54, 1.807) is 12.1 Å². The Morgan fingerprint density at radius 3 is 2.87 bits per heavy atom. The Balaban J connectivity index is 1.57. The molecule has 0 radical (unpaired) electrons. The maximum atomic E-state index is 11.9. The number of ether oxygens (including phenoxy) is 2. The maximum Gasteiger partial charge on any atom is 0.407 e. The number of nitrogens with one attached hydrogen (secondary N) is 1. The lowest BCUT2D eigenvalue weighted by Crippen LogP contribution is -2.43. The summed E-state index contributed by atoms with van der Waals surface area (Å²) in [4.78, 5) is 11.9. The molecule has 0 aliphatic carbocycles. The minimum absolute atomic E-state index is 0.152. The minimum atomic E-state index is -0.484. The highest BCUT2D eigenvalue weighted by molar-refractivity contribution is 9.10. The van der Waals surface area contributed by atoms with Crippen molar-refractivity contribution in [2.24, 2.45) is 0 Å². The summed E-state index contributed by atoms with van der Waals surface area (Å²) in [6, 6.07) is 12.6. The largest absolute Gasteiger partial charge is 0.507 e. The van der Waals surface area contributed by atoms with Crippen LogP contribution in [0.5, 0.6) is 11.5 Å². The second-order valence-electron chi connectivity index (χ2n) is 5.29. The van der Waals surface area contributed by atoms with Crippen LogP contribution in [0.15, 0.2) is 46.9 Å². The van der Waals surface area contributed by atoms with E-state index in [1.807, 2.05) is 30.3 Å². The molecule has 0 spiro atoms. The predicted molar refractivity (Wildman–Crippen MR) is 88.6 cm³/mol. The predicted octanol–water partition coefficient (Wildman–Crippen LogP) is 3.38. The van der Waals surface area contributed by atoms with Crippen LogP contribution < -0.4 is 10.1 Å². The number of halogens is 1. The molecule has 1 atom stereocenters. The second-order valence-corrected chi connectivity index (χ2v) is 6.09. The molecule has 1 amide bonds. The van der Waals surface area contributed by atoms with E-state index in [1.165, 1.54) is 0 Å². The molecule has 6 heteroatoms. The Bertz CT molecular complexity index is 705. The summed E-state index contributed by atoms with van der Waals surface area (Å²) in [5, 5.41) is 12.5. The number of carbonyl (C=O) groups excluding carboxylic acids is 1. The van der Waals surface area contributed by atoms with Crippen LogP contribution in [0.2, 0.25) is 0 Å². The molecule has 2 aromatic carbocycles. The van der Waals surface area contributed by atoms with E-state index in [-0.39, 0.29) is 18.4 Å². The van der Waals surface area contributed by atoms with Gasteiger partial charge in [0, 0.05) is 12.0 Å². The lowest BCUT2D eigenvalue weighted by Gasteiger charge is -2.26. The van der Waals surface area contributed by atoms with Crippen molar-refractivity contribution in [3.8, 4) is 11.5 Å². The Labute approximate surface area is 142 Å². The van der Waals surface area contributed by atoms with E-state index in [4.69, 9.17) is 9.47 Å². The first-order valence-corrected chi connectivity index (χ1v) is 8.03. The first-order valence-electron chi connectivity index (χ1n) is 7.24. The number of aromatic hydroxyl groups is 1. The summed E-state index contributed by atoms with van der Waals surface area (Å²) < 4.78 is 11.4. The number of hydrogen-bond donors (Lipinski definition) is 2. The Kier molecular flexibility index (Phi) is 4.71. The third kappa shape index (κ3) is 3.76. The summed E-state index contributed by atoms with van der Waals surface area (Å²) in [7, 11) is 0. The van der Waals surface area contributed by atoms with Crippen molar-refractivity contribution in [1.29, 1.82) is 0 Å². The zero-order chi connectivity index (χ0) is 16.2. The van der Waals surface area contributed by atoms with Gasteiger partial charge >= 0.3 is 6.09 Å². The number of phenols is 1. The topological polar surface area (TPSA) is 67.8 Å². The molecule has 23 heavy (non-hydrogen) atoms. The van der Waals surface area contributed by atoms with Gasteiger partial charge in [0.05, 0.1) is 10.5 Å². The van der Waals surface area contributed by atoms with Crippen molar-refractivity contribution in [1.82, 2.24) is 5.32 Å². The fourth-order valence-corrected chi connectivity index (χ4v) is 2.93. The molecular formula is C17H16BrNO4. The number of fused-ring (bicyclic) bond motifs is 1. The van der Waals surface area contributed by atoms with E-state index < -0.39 is 6.09 Å². The number of carbonyl (C=O) groups is 1. The van der Waals surface area contributed by atoms with Gasteiger partial charge in [-0.2, -0.15) is 0 Å². The number of rotatable bonds is 3. The lowest BCUT2D eigenvalue weighted by atomic mass is 10.0. The van der Waals surface area contributed by atoms with Crippen molar-refractivity contribution >= 4 is 22.0 Å². The van der Waals surface area contributed by atoms with Crippen molar-refractivity contribution in [3.63, 3.8) is 0 Å². The Morgan fingerprint density at radius 1 is 1.30 bits per heavy atom. The van der Waals surface area contributed by atoms with Gasteiger partial charge in [0.25, 0.3) is 0 Å². The maximum absolute atomic E-state index is 11.9. The molecule has 0 aromatic heterocycles. The van der Waals surface area contributed by atoms with Crippen molar-refractivity contribution in [2.75, 3.05) is 6.61 Å². The quantitative estimate of drug-likeness (QED) is 0.860. The summed E-state index contributed by atoms with van der Waals surface area (Å²) in [5.74, 6) is 0.866. The van der Waals surface area contributed by atoms with Gasteiger partial charge in [0.15, 0.2) is 0 Å². The summed E-state index contributed by atoms with van der Waals surface area (Å²) in [5.41, 5.74) is 1.77. The molecule has 5 nitrogen and oxygen atoms in total. The molecule has 3 rings (SSSR count). The molecular weight excluding hydrogens is 362 g/mol. The second kappa shape index (κ2) is 6.91. The van der Waals surface area contributed by atoms with Crippen molar-refractivity contribution in [3.05, 3.63) is 58.1 Å². The van der Waals surface area contributed by atoms with Crippen LogP contribution in [0.1, 0.15) is 11.1 Å². The average molecular weight is 378 g/mol. The normalized spacial score (nSPS) is 16.1. The zero-order valence-corrected chi connectivity index (χ0v) is 13.9. The van der Waals surface area contributed by atoms with E-state index in [9.17, 15) is 9.90 Å². The fourth-order valence-electron chi connectivity index (χ4n) is 2.44. The average Bonchev–Trinajstić information content (AvgIpc) is 2.58. The van der Waals surface area contributed by atoms with E-state index in [0.29, 0.717) is 23.2 Å². The molecule has 2 N–H and O–H groups in total. The van der Waals surface area contributed by atoms with Gasteiger partial charge in [-0.15, -0.1) is 0 Å². The van der Waals surface area contributed by atoms with E-state index >= 15 is 0 Å².